The van der Waals surface area contributed by atoms with Crippen molar-refractivity contribution >= 4 is 28.3 Å². The van der Waals surface area contributed by atoms with Crippen molar-refractivity contribution in [2.45, 2.75) is 52.5 Å². The number of thiazole rings is 1. The normalized spacial score (nSPS) is 21.1. The number of nitrogens with zero attached hydrogens (tertiary/aromatic N) is 1. The van der Waals surface area contributed by atoms with Gasteiger partial charge in [-0.15, -0.1) is 11.3 Å². The van der Waals surface area contributed by atoms with Gasteiger partial charge in [0, 0.05) is 17.0 Å². The smallest absolute Gasteiger partial charge is 0.257 e. The molecule has 2 atom stereocenters. The summed E-state index contributed by atoms with van der Waals surface area (Å²) in [6.07, 6.45) is 3.36. The van der Waals surface area contributed by atoms with Crippen LogP contribution in [0.3, 0.4) is 0 Å². The number of halogens is 1. The Labute approximate surface area is 168 Å². The third kappa shape index (κ3) is 5.61. The number of aromatic nitrogens is 1. The van der Waals surface area contributed by atoms with E-state index < -0.39 is 5.82 Å². The minimum Gasteiger partial charge on any atom is -0.353 e. The lowest BCUT2D eigenvalue weighted by atomic mass is 9.70. The number of amides is 2. The van der Waals surface area contributed by atoms with Crippen molar-refractivity contribution in [1.29, 1.82) is 0 Å². The fraction of sp³-hybridized carbons (Fsp3) is 0.476. The van der Waals surface area contributed by atoms with Gasteiger partial charge in [0.2, 0.25) is 5.91 Å². The van der Waals surface area contributed by atoms with Gasteiger partial charge < -0.3 is 5.32 Å². The molecule has 1 aliphatic carbocycles. The maximum absolute atomic E-state index is 13.0. The first-order valence-electron chi connectivity index (χ1n) is 9.51. The van der Waals surface area contributed by atoms with Gasteiger partial charge in [-0.05, 0) is 54.9 Å². The lowest BCUT2D eigenvalue weighted by Gasteiger charge is -2.39. The highest BCUT2D eigenvalue weighted by atomic mass is 32.1. The first-order valence-corrected chi connectivity index (χ1v) is 10.4. The van der Waals surface area contributed by atoms with E-state index in [-0.39, 0.29) is 29.7 Å². The second kappa shape index (κ2) is 8.39. The second-order valence-electron chi connectivity index (χ2n) is 8.46. The number of carbonyl (C=O) groups is 2. The summed E-state index contributed by atoms with van der Waals surface area (Å²) in [5.41, 5.74) is 1.22. The highest BCUT2D eigenvalue weighted by molar-refractivity contribution is 7.14. The molecule has 1 saturated carbocycles. The van der Waals surface area contributed by atoms with Crippen LogP contribution in [0.5, 0.6) is 0 Å². The van der Waals surface area contributed by atoms with Gasteiger partial charge in [-0.2, -0.15) is 0 Å². The van der Waals surface area contributed by atoms with Crippen LogP contribution < -0.4 is 10.6 Å². The van der Waals surface area contributed by atoms with E-state index in [0.29, 0.717) is 22.3 Å². The Balaban J connectivity index is 1.53. The topological polar surface area (TPSA) is 71.1 Å². The Bertz CT molecular complexity index is 848. The average molecular weight is 404 g/mol. The maximum atomic E-state index is 13.0. The molecule has 2 unspecified atom stereocenters. The lowest BCUT2D eigenvalue weighted by Crippen LogP contribution is -2.43. The standard InChI is InChI=1S/C21H26FN3O2S/c1-13-8-16(11-21(2,3)10-13)23-18(26)9-17-12-28-20(24-17)25-19(27)14-4-6-15(22)7-5-14/h4-7,12-13,16H,8-11H2,1-3H3,(H,23,26)(H,24,25,27). The van der Waals surface area contributed by atoms with Crippen molar-refractivity contribution in [2.75, 3.05) is 5.32 Å². The Morgan fingerprint density at radius 2 is 1.96 bits per heavy atom. The molecular formula is C21H26FN3O2S. The Morgan fingerprint density at radius 1 is 1.25 bits per heavy atom. The van der Waals surface area contributed by atoms with Crippen LogP contribution >= 0.6 is 11.3 Å². The van der Waals surface area contributed by atoms with Crippen molar-refractivity contribution < 1.29 is 14.0 Å². The fourth-order valence-corrected chi connectivity index (χ4v) is 4.82. The number of benzene rings is 1. The molecule has 1 heterocycles. The molecule has 0 saturated heterocycles. The molecule has 1 aromatic heterocycles. The number of anilines is 1. The quantitative estimate of drug-likeness (QED) is 0.777. The van der Waals surface area contributed by atoms with Crippen molar-refractivity contribution in [3.8, 4) is 0 Å². The molecule has 1 aliphatic rings. The molecule has 2 aromatic rings. The van der Waals surface area contributed by atoms with E-state index in [4.69, 9.17) is 0 Å². The fourth-order valence-electron chi connectivity index (χ4n) is 4.12. The van der Waals surface area contributed by atoms with E-state index in [0.717, 1.165) is 12.8 Å². The number of hydrogen-bond acceptors (Lipinski definition) is 4. The molecule has 28 heavy (non-hydrogen) atoms. The summed E-state index contributed by atoms with van der Waals surface area (Å²) >= 11 is 1.27. The molecule has 0 aliphatic heterocycles. The Kier molecular flexibility index (Phi) is 6.13. The molecule has 0 bridgehead atoms. The largest absolute Gasteiger partial charge is 0.353 e. The van der Waals surface area contributed by atoms with Crippen LogP contribution in [-0.2, 0) is 11.2 Å². The van der Waals surface area contributed by atoms with Crippen LogP contribution in [-0.4, -0.2) is 22.8 Å². The zero-order valence-corrected chi connectivity index (χ0v) is 17.2. The number of rotatable bonds is 5. The predicted molar refractivity (Wildman–Crippen MR) is 109 cm³/mol. The third-order valence-electron chi connectivity index (χ3n) is 4.97. The molecular weight excluding hydrogens is 377 g/mol. The van der Waals surface area contributed by atoms with Gasteiger partial charge in [-0.25, -0.2) is 9.37 Å². The summed E-state index contributed by atoms with van der Waals surface area (Å²) in [6.45, 7) is 6.73. The zero-order valence-electron chi connectivity index (χ0n) is 16.4. The van der Waals surface area contributed by atoms with Gasteiger partial charge in [-0.3, -0.25) is 14.9 Å². The van der Waals surface area contributed by atoms with E-state index in [1.807, 2.05) is 0 Å². The van der Waals surface area contributed by atoms with E-state index in [9.17, 15) is 14.0 Å². The lowest BCUT2D eigenvalue weighted by molar-refractivity contribution is -0.121. The number of nitrogens with one attached hydrogen (secondary N) is 2. The van der Waals surface area contributed by atoms with Crippen molar-refractivity contribution in [3.63, 3.8) is 0 Å². The van der Waals surface area contributed by atoms with Crippen LogP contribution in [0.1, 0.15) is 56.1 Å². The van der Waals surface area contributed by atoms with Crippen LogP contribution in [0.25, 0.3) is 0 Å². The summed E-state index contributed by atoms with van der Waals surface area (Å²) < 4.78 is 13.0. The summed E-state index contributed by atoms with van der Waals surface area (Å²) in [7, 11) is 0. The second-order valence-corrected chi connectivity index (χ2v) is 9.32. The molecule has 7 heteroatoms. The van der Waals surface area contributed by atoms with E-state index >= 15 is 0 Å². The Hall–Kier alpha value is -2.28. The van der Waals surface area contributed by atoms with E-state index in [1.165, 1.54) is 42.0 Å². The van der Waals surface area contributed by atoms with Crippen molar-refractivity contribution in [1.82, 2.24) is 10.3 Å². The highest BCUT2D eigenvalue weighted by Crippen LogP contribution is 2.38. The van der Waals surface area contributed by atoms with Crippen LogP contribution in [0.4, 0.5) is 9.52 Å². The number of carbonyl (C=O) groups excluding carboxylic acids is 2. The van der Waals surface area contributed by atoms with Crippen LogP contribution in [0.2, 0.25) is 0 Å². The van der Waals surface area contributed by atoms with Crippen molar-refractivity contribution in [3.05, 3.63) is 46.7 Å². The SMILES string of the molecule is CC1CC(NC(=O)Cc2csc(NC(=O)c3ccc(F)cc3)n2)CC(C)(C)C1. The molecule has 0 spiro atoms. The predicted octanol–water partition coefficient (Wildman–Crippen LogP) is 4.41. The van der Waals surface area contributed by atoms with Gasteiger partial charge in [0.25, 0.3) is 5.91 Å². The average Bonchev–Trinajstić information content (AvgIpc) is 3.00. The van der Waals surface area contributed by atoms with Crippen LogP contribution in [0.15, 0.2) is 29.6 Å². The molecule has 3 rings (SSSR count). The monoisotopic (exact) mass is 403 g/mol. The molecule has 5 nitrogen and oxygen atoms in total. The van der Waals surface area contributed by atoms with Crippen molar-refractivity contribution in [2.24, 2.45) is 11.3 Å². The zero-order chi connectivity index (χ0) is 20.3. The molecule has 2 N–H and O–H groups in total. The first-order chi connectivity index (χ1) is 13.2. The van der Waals surface area contributed by atoms with Crippen LogP contribution in [0, 0.1) is 17.2 Å². The minimum absolute atomic E-state index is 0.0448. The summed E-state index contributed by atoms with van der Waals surface area (Å²) in [5.74, 6) is -0.197. The molecule has 0 radical (unpaired) electrons. The van der Waals surface area contributed by atoms with Gasteiger partial charge in [0.1, 0.15) is 5.82 Å². The molecule has 2 amide bonds. The number of hydrogen-bond donors (Lipinski definition) is 2. The molecule has 1 fully saturated rings. The van der Waals surface area contributed by atoms with Gasteiger partial charge in [0.05, 0.1) is 12.1 Å². The van der Waals surface area contributed by atoms with E-state index in [1.54, 1.807) is 5.38 Å². The van der Waals surface area contributed by atoms with Gasteiger partial charge in [0.15, 0.2) is 5.13 Å². The van der Waals surface area contributed by atoms with E-state index in [2.05, 4.69) is 36.4 Å². The summed E-state index contributed by atoms with van der Waals surface area (Å²) in [6, 6.07) is 5.50. The van der Waals surface area contributed by atoms with Gasteiger partial charge >= 0.3 is 0 Å². The van der Waals surface area contributed by atoms with Gasteiger partial charge in [-0.1, -0.05) is 20.8 Å². The minimum atomic E-state index is -0.394. The maximum Gasteiger partial charge on any atom is 0.257 e. The Morgan fingerprint density at radius 3 is 2.64 bits per heavy atom. The summed E-state index contributed by atoms with van der Waals surface area (Å²) in [5, 5.41) is 8.01. The summed E-state index contributed by atoms with van der Waals surface area (Å²) in [4.78, 5) is 28.9. The highest BCUT2D eigenvalue weighted by Gasteiger charge is 2.32. The third-order valence-corrected chi connectivity index (χ3v) is 5.78. The molecule has 150 valence electrons. The molecule has 1 aromatic carbocycles. The first kappa shape index (κ1) is 20.5.